The third-order valence-corrected chi connectivity index (χ3v) is 4.84. The zero-order chi connectivity index (χ0) is 17.8. The molecule has 0 spiro atoms. The van der Waals surface area contributed by atoms with Gasteiger partial charge in [-0.25, -0.2) is 4.68 Å². The number of rotatable bonds is 6. The summed E-state index contributed by atoms with van der Waals surface area (Å²) in [6.45, 7) is 0.602. The van der Waals surface area contributed by atoms with E-state index >= 15 is 0 Å². The average molecular weight is 385 g/mol. The fourth-order valence-corrected chi connectivity index (χ4v) is 3.27. The third kappa shape index (κ3) is 3.76. The second-order valence-corrected chi connectivity index (χ2v) is 6.72. The zero-order valence-electron chi connectivity index (χ0n) is 13.5. The van der Waals surface area contributed by atoms with E-state index in [0.29, 0.717) is 39.8 Å². The molecular weight excluding hydrogens is 372 g/mol. The van der Waals surface area contributed by atoms with E-state index in [-0.39, 0.29) is 0 Å². The van der Waals surface area contributed by atoms with Crippen molar-refractivity contribution in [2.24, 2.45) is 0 Å². The number of hydrogen-bond acceptors (Lipinski definition) is 7. The Balaban J connectivity index is 1.44. The fraction of sp³-hybridized carbons (Fsp3) is 0.118. The molecule has 2 heterocycles. The summed E-state index contributed by atoms with van der Waals surface area (Å²) in [4.78, 5) is 0. The van der Waals surface area contributed by atoms with Gasteiger partial charge in [0, 0.05) is 0 Å². The number of tetrazole rings is 1. The molecule has 0 aliphatic carbocycles. The molecule has 26 heavy (non-hydrogen) atoms. The molecule has 0 saturated heterocycles. The van der Waals surface area contributed by atoms with Gasteiger partial charge in [0.15, 0.2) is 0 Å². The molecule has 4 aromatic rings. The first-order valence-corrected chi connectivity index (χ1v) is 9.16. The molecule has 0 saturated carbocycles. The second kappa shape index (κ2) is 7.67. The van der Waals surface area contributed by atoms with Crippen LogP contribution in [0.15, 0.2) is 64.2 Å². The van der Waals surface area contributed by atoms with Crippen molar-refractivity contribution in [1.82, 2.24) is 30.4 Å². The van der Waals surface area contributed by atoms with E-state index in [0.717, 1.165) is 5.56 Å². The highest BCUT2D eigenvalue weighted by atomic mass is 35.5. The Morgan fingerprint density at radius 2 is 1.77 bits per heavy atom. The van der Waals surface area contributed by atoms with Crippen molar-refractivity contribution in [1.29, 1.82) is 0 Å². The fourth-order valence-electron chi connectivity index (χ4n) is 2.34. The summed E-state index contributed by atoms with van der Waals surface area (Å²) in [6, 6.07) is 17.4. The van der Waals surface area contributed by atoms with Crippen LogP contribution < -0.4 is 0 Å². The molecule has 0 amide bonds. The van der Waals surface area contributed by atoms with E-state index < -0.39 is 0 Å². The summed E-state index contributed by atoms with van der Waals surface area (Å²) in [6.07, 6.45) is 0. The standard InChI is InChI=1S/C17H13ClN6OS/c18-14-9-5-4-8-13(14)16-20-19-15(25-16)11-26-17-21-22-23-24(17)10-12-6-2-1-3-7-12/h1-9H,10-11H2. The van der Waals surface area contributed by atoms with Gasteiger partial charge in [0.1, 0.15) is 0 Å². The molecule has 0 unspecified atom stereocenters. The molecule has 0 radical (unpaired) electrons. The van der Waals surface area contributed by atoms with Crippen molar-refractivity contribution >= 4 is 23.4 Å². The maximum absolute atomic E-state index is 6.16. The zero-order valence-corrected chi connectivity index (χ0v) is 15.1. The Morgan fingerprint density at radius 1 is 0.962 bits per heavy atom. The highest BCUT2D eigenvalue weighted by Gasteiger charge is 2.14. The van der Waals surface area contributed by atoms with Crippen molar-refractivity contribution in [3.05, 3.63) is 71.1 Å². The molecule has 4 rings (SSSR count). The number of nitrogens with zero attached hydrogens (tertiary/aromatic N) is 6. The van der Waals surface area contributed by atoms with Crippen molar-refractivity contribution in [2.45, 2.75) is 17.5 Å². The Bertz CT molecular complexity index is 1000. The van der Waals surface area contributed by atoms with Crippen molar-refractivity contribution in [2.75, 3.05) is 0 Å². The molecule has 130 valence electrons. The predicted molar refractivity (Wildman–Crippen MR) is 97.7 cm³/mol. The summed E-state index contributed by atoms with van der Waals surface area (Å²) in [5.41, 5.74) is 1.84. The number of thioether (sulfide) groups is 1. The topological polar surface area (TPSA) is 82.5 Å². The first-order chi connectivity index (χ1) is 12.8. The van der Waals surface area contributed by atoms with Crippen LogP contribution in [0.2, 0.25) is 5.02 Å². The van der Waals surface area contributed by atoms with Gasteiger partial charge >= 0.3 is 0 Å². The van der Waals surface area contributed by atoms with Gasteiger partial charge in [0.2, 0.25) is 16.9 Å². The van der Waals surface area contributed by atoms with E-state index in [1.807, 2.05) is 48.5 Å². The monoisotopic (exact) mass is 384 g/mol. The molecule has 0 fully saturated rings. The van der Waals surface area contributed by atoms with Crippen LogP contribution >= 0.6 is 23.4 Å². The molecular formula is C17H13ClN6OS. The summed E-state index contributed by atoms with van der Waals surface area (Å²) >= 11 is 7.60. The predicted octanol–water partition coefficient (Wildman–Crippen LogP) is 3.72. The molecule has 0 atom stereocenters. The van der Waals surface area contributed by atoms with E-state index in [2.05, 4.69) is 25.7 Å². The molecule has 7 nitrogen and oxygen atoms in total. The van der Waals surface area contributed by atoms with Gasteiger partial charge in [0.05, 0.1) is 22.9 Å². The minimum atomic E-state index is 0.398. The number of aromatic nitrogens is 6. The maximum atomic E-state index is 6.16. The van der Waals surface area contributed by atoms with Gasteiger partial charge < -0.3 is 4.42 Å². The van der Waals surface area contributed by atoms with Crippen molar-refractivity contribution in [3.63, 3.8) is 0 Å². The van der Waals surface area contributed by atoms with Crippen LogP contribution in [0.25, 0.3) is 11.5 Å². The largest absolute Gasteiger partial charge is 0.420 e. The van der Waals surface area contributed by atoms with Gasteiger partial charge in [0.25, 0.3) is 0 Å². The van der Waals surface area contributed by atoms with Crippen LogP contribution in [-0.2, 0) is 12.3 Å². The lowest BCUT2D eigenvalue weighted by Crippen LogP contribution is -2.03. The van der Waals surface area contributed by atoms with Crippen LogP contribution in [0.1, 0.15) is 11.5 Å². The lowest BCUT2D eigenvalue weighted by molar-refractivity contribution is 0.527. The Kier molecular flexibility index (Phi) is 4.94. The molecule has 2 aromatic carbocycles. The average Bonchev–Trinajstić information content (AvgIpc) is 3.31. The smallest absolute Gasteiger partial charge is 0.249 e. The van der Waals surface area contributed by atoms with Gasteiger partial charge in [-0.15, -0.1) is 15.3 Å². The lowest BCUT2D eigenvalue weighted by Gasteiger charge is -2.03. The van der Waals surface area contributed by atoms with Gasteiger partial charge in [-0.2, -0.15) is 0 Å². The number of halogens is 1. The maximum Gasteiger partial charge on any atom is 0.249 e. The molecule has 0 bridgehead atoms. The molecule has 0 N–H and O–H groups in total. The highest BCUT2D eigenvalue weighted by Crippen LogP contribution is 2.28. The van der Waals surface area contributed by atoms with Crippen LogP contribution in [-0.4, -0.2) is 30.4 Å². The van der Waals surface area contributed by atoms with Crippen LogP contribution in [0.5, 0.6) is 0 Å². The summed E-state index contributed by atoms with van der Waals surface area (Å²) in [7, 11) is 0. The van der Waals surface area contributed by atoms with Crippen molar-refractivity contribution < 1.29 is 4.42 Å². The van der Waals surface area contributed by atoms with E-state index in [4.69, 9.17) is 16.0 Å². The van der Waals surface area contributed by atoms with Crippen molar-refractivity contribution in [3.8, 4) is 11.5 Å². The summed E-state index contributed by atoms with van der Waals surface area (Å²) < 4.78 is 7.44. The molecule has 2 aromatic heterocycles. The normalized spacial score (nSPS) is 11.0. The second-order valence-electron chi connectivity index (χ2n) is 5.37. The summed E-state index contributed by atoms with van der Waals surface area (Å²) in [5.74, 6) is 1.35. The SMILES string of the molecule is Clc1ccccc1-c1nnc(CSc2nnnn2Cc2ccccc2)o1. The lowest BCUT2D eigenvalue weighted by atomic mass is 10.2. The summed E-state index contributed by atoms with van der Waals surface area (Å²) in [5, 5.41) is 21.2. The van der Waals surface area contributed by atoms with E-state index in [9.17, 15) is 0 Å². The van der Waals surface area contributed by atoms with E-state index in [1.165, 1.54) is 11.8 Å². The highest BCUT2D eigenvalue weighted by molar-refractivity contribution is 7.98. The number of benzene rings is 2. The molecule has 9 heteroatoms. The van der Waals surface area contributed by atoms with Crippen LogP contribution in [0, 0.1) is 0 Å². The minimum absolute atomic E-state index is 0.398. The quantitative estimate of drug-likeness (QED) is 0.468. The Labute approximate surface area is 158 Å². The first-order valence-electron chi connectivity index (χ1n) is 7.80. The van der Waals surface area contributed by atoms with Gasteiger partial charge in [-0.05, 0) is 28.1 Å². The Hall–Kier alpha value is -2.71. The third-order valence-electron chi connectivity index (χ3n) is 3.57. The Morgan fingerprint density at radius 3 is 2.62 bits per heavy atom. The minimum Gasteiger partial charge on any atom is -0.420 e. The van der Waals surface area contributed by atoms with Gasteiger partial charge in [-0.1, -0.05) is 65.8 Å². The van der Waals surface area contributed by atoms with Gasteiger partial charge in [-0.3, -0.25) is 0 Å². The molecule has 0 aliphatic heterocycles. The number of hydrogen-bond donors (Lipinski definition) is 0. The van der Waals surface area contributed by atoms with Crippen LogP contribution in [0.3, 0.4) is 0 Å². The van der Waals surface area contributed by atoms with E-state index in [1.54, 1.807) is 10.7 Å². The molecule has 0 aliphatic rings. The van der Waals surface area contributed by atoms with Crippen LogP contribution in [0.4, 0.5) is 0 Å². The first kappa shape index (κ1) is 16.7.